The average molecular weight is 275 g/mol. The molecule has 0 saturated heterocycles. The van der Waals surface area contributed by atoms with E-state index in [1.807, 2.05) is 42.8 Å². The van der Waals surface area contributed by atoms with E-state index in [9.17, 15) is 5.11 Å². The van der Waals surface area contributed by atoms with E-state index >= 15 is 0 Å². The number of aliphatic hydroxyl groups excluding tert-OH is 1. The molecule has 3 aromatic heterocycles. The van der Waals surface area contributed by atoms with Crippen LogP contribution in [-0.2, 0) is 13.7 Å². The van der Waals surface area contributed by atoms with Crippen LogP contribution in [0.1, 0.15) is 11.3 Å². The summed E-state index contributed by atoms with van der Waals surface area (Å²) in [4.78, 5) is 0. The second-order valence-electron chi connectivity index (χ2n) is 4.16. The Kier molecular flexibility index (Phi) is 3.00. The van der Waals surface area contributed by atoms with Crippen LogP contribution in [0.25, 0.3) is 5.65 Å². The molecule has 0 saturated carbocycles. The fourth-order valence-electron chi connectivity index (χ4n) is 1.97. The van der Waals surface area contributed by atoms with Crippen molar-refractivity contribution < 1.29 is 5.11 Å². The molecule has 0 fully saturated rings. The highest BCUT2D eigenvalue weighted by Crippen LogP contribution is 2.30. The summed E-state index contributed by atoms with van der Waals surface area (Å²) in [6.07, 6.45) is 1.92. The van der Waals surface area contributed by atoms with Gasteiger partial charge in [0.2, 0.25) is 5.16 Å². The van der Waals surface area contributed by atoms with E-state index in [2.05, 4.69) is 15.3 Å². The summed E-state index contributed by atoms with van der Waals surface area (Å²) in [5.41, 5.74) is 2.47. The molecule has 0 atom stereocenters. The second-order valence-corrected chi connectivity index (χ2v) is 5.12. The molecule has 7 heteroatoms. The summed E-state index contributed by atoms with van der Waals surface area (Å²) < 4.78 is 3.67. The maximum atomic E-state index is 9.45. The third-order valence-electron chi connectivity index (χ3n) is 2.92. The summed E-state index contributed by atoms with van der Waals surface area (Å²) in [5.74, 6) is 0. The number of rotatable bonds is 3. The minimum Gasteiger partial charge on any atom is -0.392 e. The van der Waals surface area contributed by atoms with Gasteiger partial charge in [-0.15, -0.1) is 10.2 Å². The molecule has 0 aliphatic carbocycles. The predicted octanol–water partition coefficient (Wildman–Crippen LogP) is 1.41. The Hall–Kier alpha value is -1.86. The van der Waals surface area contributed by atoms with E-state index in [4.69, 9.17) is 0 Å². The maximum Gasteiger partial charge on any atom is 0.201 e. The molecule has 19 heavy (non-hydrogen) atoms. The van der Waals surface area contributed by atoms with Gasteiger partial charge in [-0.1, -0.05) is 6.07 Å². The van der Waals surface area contributed by atoms with Gasteiger partial charge in [0.25, 0.3) is 0 Å². The lowest BCUT2D eigenvalue weighted by atomic mass is 10.3. The van der Waals surface area contributed by atoms with E-state index < -0.39 is 0 Å². The topological polar surface area (TPSA) is 68.2 Å². The third-order valence-corrected chi connectivity index (χ3v) is 4.08. The standard InChI is InChI=1S/C12H13N5OS/c1-8-9(7-18)11(16(2)15-8)19-12-14-13-10-5-3-4-6-17(10)12/h3-6,18H,7H2,1-2H3. The fraction of sp³-hybridized carbons (Fsp3) is 0.250. The summed E-state index contributed by atoms with van der Waals surface area (Å²) in [5, 5.41) is 23.7. The molecule has 0 amide bonds. The van der Waals surface area contributed by atoms with Crippen molar-refractivity contribution in [2.24, 2.45) is 7.05 Å². The van der Waals surface area contributed by atoms with Crippen LogP contribution in [-0.4, -0.2) is 29.5 Å². The van der Waals surface area contributed by atoms with Crippen molar-refractivity contribution in [3.8, 4) is 0 Å². The first-order valence-corrected chi connectivity index (χ1v) is 6.63. The molecule has 98 valence electrons. The first kappa shape index (κ1) is 12.2. The Labute approximate surface area is 114 Å². The SMILES string of the molecule is Cc1nn(C)c(Sc2nnc3ccccn23)c1CO. The van der Waals surface area contributed by atoms with Crippen molar-refractivity contribution >= 4 is 17.4 Å². The molecule has 1 N–H and O–H groups in total. The molecule has 3 heterocycles. The zero-order valence-electron chi connectivity index (χ0n) is 10.6. The molecule has 3 rings (SSSR count). The Morgan fingerprint density at radius 3 is 2.95 bits per heavy atom. The third kappa shape index (κ3) is 2.00. The van der Waals surface area contributed by atoms with Crippen LogP contribution in [0, 0.1) is 6.92 Å². The number of aliphatic hydroxyl groups is 1. The number of nitrogens with zero attached hydrogens (tertiary/aromatic N) is 5. The number of aryl methyl sites for hydroxylation is 2. The van der Waals surface area contributed by atoms with Gasteiger partial charge in [0.1, 0.15) is 5.03 Å². The van der Waals surface area contributed by atoms with Gasteiger partial charge in [0, 0.05) is 18.8 Å². The van der Waals surface area contributed by atoms with E-state index in [1.165, 1.54) is 11.8 Å². The van der Waals surface area contributed by atoms with Crippen LogP contribution in [0.2, 0.25) is 0 Å². The van der Waals surface area contributed by atoms with Crippen molar-refractivity contribution in [3.05, 3.63) is 35.7 Å². The minimum absolute atomic E-state index is 0.0290. The maximum absolute atomic E-state index is 9.45. The Bertz CT molecular complexity index is 733. The lowest BCUT2D eigenvalue weighted by molar-refractivity contribution is 0.277. The first-order valence-electron chi connectivity index (χ1n) is 5.81. The average Bonchev–Trinajstić information content (AvgIpc) is 2.93. The first-order chi connectivity index (χ1) is 9.20. The van der Waals surface area contributed by atoms with Crippen LogP contribution in [0.15, 0.2) is 34.6 Å². The summed E-state index contributed by atoms with van der Waals surface area (Å²) in [6, 6.07) is 5.76. The van der Waals surface area contributed by atoms with Crippen molar-refractivity contribution in [2.75, 3.05) is 0 Å². The van der Waals surface area contributed by atoms with Crippen molar-refractivity contribution in [1.82, 2.24) is 24.4 Å². The van der Waals surface area contributed by atoms with E-state index in [0.717, 1.165) is 27.1 Å². The number of hydrogen-bond acceptors (Lipinski definition) is 5. The molecule has 3 aromatic rings. The van der Waals surface area contributed by atoms with E-state index in [1.54, 1.807) is 4.68 Å². The van der Waals surface area contributed by atoms with Gasteiger partial charge >= 0.3 is 0 Å². The monoisotopic (exact) mass is 275 g/mol. The summed E-state index contributed by atoms with van der Waals surface area (Å²) in [6.45, 7) is 1.86. The molecule has 0 bridgehead atoms. The van der Waals surface area contributed by atoms with Gasteiger partial charge in [-0.2, -0.15) is 5.10 Å². The van der Waals surface area contributed by atoms with Crippen molar-refractivity contribution in [2.45, 2.75) is 23.7 Å². The van der Waals surface area contributed by atoms with Crippen LogP contribution in [0.3, 0.4) is 0 Å². The molecule has 0 unspecified atom stereocenters. The van der Waals surface area contributed by atoms with Crippen molar-refractivity contribution in [3.63, 3.8) is 0 Å². The highest BCUT2D eigenvalue weighted by molar-refractivity contribution is 7.99. The quantitative estimate of drug-likeness (QED) is 0.783. The van der Waals surface area contributed by atoms with Crippen LogP contribution < -0.4 is 0 Å². The highest BCUT2D eigenvalue weighted by atomic mass is 32.2. The van der Waals surface area contributed by atoms with Crippen molar-refractivity contribution in [1.29, 1.82) is 0 Å². The largest absolute Gasteiger partial charge is 0.392 e. The molecule has 0 spiro atoms. The Morgan fingerprint density at radius 1 is 1.32 bits per heavy atom. The van der Waals surface area contributed by atoms with Gasteiger partial charge in [0.15, 0.2) is 5.65 Å². The second kappa shape index (κ2) is 4.67. The summed E-state index contributed by atoms with van der Waals surface area (Å²) in [7, 11) is 1.86. The molecule has 6 nitrogen and oxygen atoms in total. The van der Waals surface area contributed by atoms with Gasteiger partial charge in [0.05, 0.1) is 12.3 Å². The fourth-order valence-corrected chi connectivity index (χ4v) is 2.98. The zero-order chi connectivity index (χ0) is 13.4. The van der Waals surface area contributed by atoms with E-state index in [0.29, 0.717) is 0 Å². The lowest BCUT2D eigenvalue weighted by Gasteiger charge is -2.03. The van der Waals surface area contributed by atoms with Gasteiger partial charge < -0.3 is 5.11 Å². The Morgan fingerprint density at radius 2 is 2.16 bits per heavy atom. The molecule has 0 aliphatic rings. The van der Waals surface area contributed by atoms with Gasteiger partial charge in [-0.25, -0.2) is 0 Å². The number of hydrogen-bond donors (Lipinski definition) is 1. The van der Waals surface area contributed by atoms with Crippen LogP contribution >= 0.6 is 11.8 Å². The van der Waals surface area contributed by atoms with Crippen LogP contribution in [0.4, 0.5) is 0 Å². The zero-order valence-corrected chi connectivity index (χ0v) is 11.4. The minimum atomic E-state index is -0.0290. The molecular formula is C12H13N5OS. The van der Waals surface area contributed by atoms with Gasteiger partial charge in [-0.05, 0) is 30.8 Å². The lowest BCUT2D eigenvalue weighted by Crippen LogP contribution is -1.95. The summed E-state index contributed by atoms with van der Waals surface area (Å²) >= 11 is 1.45. The number of aromatic nitrogens is 5. The molecule has 0 radical (unpaired) electrons. The highest BCUT2D eigenvalue weighted by Gasteiger charge is 2.16. The number of fused-ring (bicyclic) bond motifs is 1. The van der Waals surface area contributed by atoms with Crippen LogP contribution in [0.5, 0.6) is 0 Å². The predicted molar refractivity (Wildman–Crippen MR) is 71.0 cm³/mol. The smallest absolute Gasteiger partial charge is 0.201 e. The molecule has 0 aliphatic heterocycles. The normalized spacial score (nSPS) is 11.3. The number of pyridine rings is 1. The van der Waals surface area contributed by atoms with E-state index in [-0.39, 0.29) is 6.61 Å². The molecule has 0 aromatic carbocycles. The Balaban J connectivity index is 2.06. The van der Waals surface area contributed by atoms with Gasteiger partial charge in [-0.3, -0.25) is 9.08 Å². The molecular weight excluding hydrogens is 262 g/mol.